The lowest BCUT2D eigenvalue weighted by Gasteiger charge is -2.09. The van der Waals surface area contributed by atoms with E-state index in [2.05, 4.69) is 5.32 Å². The highest BCUT2D eigenvalue weighted by molar-refractivity contribution is 5.93. The summed E-state index contributed by atoms with van der Waals surface area (Å²) in [5.41, 5.74) is 8.00. The molecule has 1 atom stereocenters. The van der Waals surface area contributed by atoms with Gasteiger partial charge < -0.3 is 16.2 Å². The first-order chi connectivity index (χ1) is 8.50. The first-order valence-corrected chi connectivity index (χ1v) is 6.29. The van der Waals surface area contributed by atoms with Crippen molar-refractivity contribution in [2.75, 3.05) is 6.54 Å². The molecule has 4 N–H and O–H groups in total. The van der Waals surface area contributed by atoms with E-state index in [0.29, 0.717) is 5.56 Å². The van der Waals surface area contributed by atoms with Crippen LogP contribution in [-0.4, -0.2) is 23.7 Å². The van der Waals surface area contributed by atoms with Crippen molar-refractivity contribution in [3.63, 3.8) is 0 Å². The maximum absolute atomic E-state index is 11.0. The fourth-order valence-electron chi connectivity index (χ4n) is 1.79. The molecule has 0 radical (unpaired) electrons. The van der Waals surface area contributed by atoms with Crippen LogP contribution >= 0.6 is 0 Å². The molecule has 0 fully saturated rings. The Labute approximate surface area is 108 Å². The maximum Gasteiger partial charge on any atom is 0.248 e. The Hall–Kier alpha value is -1.39. The Bertz CT molecular complexity index is 403. The van der Waals surface area contributed by atoms with Crippen LogP contribution in [0, 0.1) is 6.92 Å². The van der Waals surface area contributed by atoms with Crippen LogP contribution in [0.25, 0.3) is 0 Å². The smallest absolute Gasteiger partial charge is 0.248 e. The van der Waals surface area contributed by atoms with Crippen LogP contribution in [0.4, 0.5) is 0 Å². The molecule has 1 rings (SSSR count). The number of hydrogen-bond acceptors (Lipinski definition) is 3. The van der Waals surface area contributed by atoms with E-state index < -0.39 is 5.91 Å². The van der Waals surface area contributed by atoms with Gasteiger partial charge in [0.1, 0.15) is 0 Å². The quantitative estimate of drug-likeness (QED) is 0.639. The maximum atomic E-state index is 11.0. The molecule has 0 aromatic heterocycles. The van der Waals surface area contributed by atoms with Crippen molar-refractivity contribution in [1.29, 1.82) is 0 Å². The van der Waals surface area contributed by atoms with E-state index in [4.69, 9.17) is 10.8 Å². The van der Waals surface area contributed by atoms with Crippen LogP contribution in [0.15, 0.2) is 18.2 Å². The number of carbonyl (C=O) groups is 1. The minimum Gasteiger partial charge on any atom is -0.393 e. The molecule has 0 aliphatic carbocycles. The second-order valence-electron chi connectivity index (χ2n) is 4.67. The van der Waals surface area contributed by atoms with Crippen LogP contribution in [0.5, 0.6) is 0 Å². The summed E-state index contributed by atoms with van der Waals surface area (Å²) >= 11 is 0. The largest absolute Gasteiger partial charge is 0.393 e. The minimum atomic E-state index is -0.394. The van der Waals surface area contributed by atoms with Crippen LogP contribution < -0.4 is 11.1 Å². The van der Waals surface area contributed by atoms with E-state index in [-0.39, 0.29) is 6.10 Å². The van der Waals surface area contributed by atoms with Gasteiger partial charge in [0.2, 0.25) is 5.91 Å². The first kappa shape index (κ1) is 14.7. The summed E-state index contributed by atoms with van der Waals surface area (Å²) in [5, 5.41) is 12.4. The van der Waals surface area contributed by atoms with Gasteiger partial charge in [0.25, 0.3) is 0 Å². The lowest BCUT2D eigenvalue weighted by Crippen LogP contribution is -2.17. The fraction of sp³-hybridized carbons (Fsp3) is 0.500. The topological polar surface area (TPSA) is 75.4 Å². The number of aliphatic hydroxyl groups is 1. The Kier molecular flexibility index (Phi) is 5.82. The summed E-state index contributed by atoms with van der Waals surface area (Å²) in [6, 6.07) is 5.49. The first-order valence-electron chi connectivity index (χ1n) is 6.29. The number of nitrogens with two attached hydrogens (primary N) is 1. The van der Waals surface area contributed by atoms with Crippen molar-refractivity contribution in [3.8, 4) is 0 Å². The van der Waals surface area contributed by atoms with E-state index in [1.807, 2.05) is 19.1 Å². The molecule has 0 heterocycles. The van der Waals surface area contributed by atoms with Crippen LogP contribution in [0.1, 0.15) is 41.3 Å². The summed E-state index contributed by atoms with van der Waals surface area (Å²) in [6.07, 6.45) is 1.53. The molecule has 4 nitrogen and oxygen atoms in total. The number of aryl methyl sites for hydroxylation is 1. The molecule has 1 unspecified atom stereocenters. The molecule has 4 heteroatoms. The number of aliphatic hydroxyl groups excluding tert-OH is 1. The molecule has 100 valence electrons. The molecule has 0 bridgehead atoms. The zero-order valence-corrected chi connectivity index (χ0v) is 11.1. The van der Waals surface area contributed by atoms with Crippen LogP contribution in [0.3, 0.4) is 0 Å². The van der Waals surface area contributed by atoms with Gasteiger partial charge in [0, 0.05) is 12.1 Å². The molecular formula is C14H22N2O2. The number of primary amides is 1. The second-order valence-corrected chi connectivity index (χ2v) is 4.67. The summed E-state index contributed by atoms with van der Waals surface area (Å²) in [5.74, 6) is -0.394. The summed E-state index contributed by atoms with van der Waals surface area (Å²) in [7, 11) is 0. The van der Waals surface area contributed by atoms with Gasteiger partial charge in [0.15, 0.2) is 0 Å². The van der Waals surface area contributed by atoms with E-state index in [0.717, 1.165) is 37.1 Å². The molecule has 0 aliphatic rings. The molecule has 0 saturated carbocycles. The molecule has 1 amide bonds. The number of amides is 1. The zero-order chi connectivity index (χ0) is 13.5. The van der Waals surface area contributed by atoms with E-state index in [1.54, 1.807) is 13.0 Å². The van der Waals surface area contributed by atoms with Crippen LogP contribution in [-0.2, 0) is 6.54 Å². The average Bonchev–Trinajstić information content (AvgIpc) is 2.29. The highest BCUT2D eigenvalue weighted by atomic mass is 16.3. The third-order valence-corrected chi connectivity index (χ3v) is 2.92. The third-order valence-electron chi connectivity index (χ3n) is 2.92. The van der Waals surface area contributed by atoms with Crippen molar-refractivity contribution in [3.05, 3.63) is 34.9 Å². The molecule has 1 aromatic rings. The SMILES string of the molecule is Cc1cc(C(N)=O)ccc1CNCCCC(C)O. The number of rotatable bonds is 7. The van der Waals surface area contributed by atoms with Gasteiger partial charge in [-0.15, -0.1) is 0 Å². The van der Waals surface area contributed by atoms with Crippen LogP contribution in [0.2, 0.25) is 0 Å². The van der Waals surface area contributed by atoms with Gasteiger partial charge >= 0.3 is 0 Å². The normalized spacial score (nSPS) is 12.4. The minimum absolute atomic E-state index is 0.233. The molecular weight excluding hydrogens is 228 g/mol. The van der Waals surface area contributed by atoms with E-state index in [9.17, 15) is 4.79 Å². The molecule has 0 saturated heterocycles. The van der Waals surface area contributed by atoms with Crippen molar-refractivity contribution >= 4 is 5.91 Å². The lowest BCUT2D eigenvalue weighted by atomic mass is 10.0. The van der Waals surface area contributed by atoms with Gasteiger partial charge in [-0.2, -0.15) is 0 Å². The average molecular weight is 250 g/mol. The standard InChI is InChI=1S/C14H22N2O2/c1-10-8-12(14(15)18)5-6-13(10)9-16-7-3-4-11(2)17/h5-6,8,11,16-17H,3-4,7,9H2,1-2H3,(H2,15,18). The van der Waals surface area contributed by atoms with Gasteiger partial charge in [-0.1, -0.05) is 6.07 Å². The molecule has 18 heavy (non-hydrogen) atoms. The Morgan fingerprint density at radius 2 is 2.22 bits per heavy atom. The Morgan fingerprint density at radius 1 is 1.50 bits per heavy atom. The van der Waals surface area contributed by atoms with Crippen molar-refractivity contribution in [2.45, 2.75) is 39.3 Å². The second kappa shape index (κ2) is 7.13. The molecule has 0 spiro atoms. The number of benzene rings is 1. The monoisotopic (exact) mass is 250 g/mol. The highest BCUT2D eigenvalue weighted by Crippen LogP contribution is 2.10. The summed E-state index contributed by atoms with van der Waals surface area (Å²) in [6.45, 7) is 5.42. The predicted octanol–water partition coefficient (Wildman–Crippen LogP) is 1.34. The summed E-state index contributed by atoms with van der Waals surface area (Å²) < 4.78 is 0. The Balaban J connectivity index is 2.41. The third kappa shape index (κ3) is 4.85. The van der Waals surface area contributed by atoms with Crippen molar-refractivity contribution < 1.29 is 9.90 Å². The van der Waals surface area contributed by atoms with Gasteiger partial charge in [-0.05, 0) is 56.5 Å². The Morgan fingerprint density at radius 3 is 2.78 bits per heavy atom. The number of carbonyl (C=O) groups excluding carboxylic acids is 1. The van der Waals surface area contributed by atoms with Gasteiger partial charge in [-0.25, -0.2) is 0 Å². The fourth-order valence-corrected chi connectivity index (χ4v) is 1.79. The number of nitrogens with one attached hydrogen (secondary N) is 1. The van der Waals surface area contributed by atoms with Gasteiger partial charge in [0.05, 0.1) is 6.10 Å². The highest BCUT2D eigenvalue weighted by Gasteiger charge is 2.04. The molecule has 0 aliphatic heterocycles. The molecule has 1 aromatic carbocycles. The predicted molar refractivity (Wildman–Crippen MR) is 72.3 cm³/mol. The van der Waals surface area contributed by atoms with Crippen molar-refractivity contribution in [1.82, 2.24) is 5.32 Å². The number of hydrogen-bond donors (Lipinski definition) is 3. The van der Waals surface area contributed by atoms with E-state index >= 15 is 0 Å². The lowest BCUT2D eigenvalue weighted by molar-refractivity contribution is 0.1000. The summed E-state index contributed by atoms with van der Waals surface area (Å²) in [4.78, 5) is 11.0. The van der Waals surface area contributed by atoms with Gasteiger partial charge in [-0.3, -0.25) is 4.79 Å². The van der Waals surface area contributed by atoms with Crippen molar-refractivity contribution in [2.24, 2.45) is 5.73 Å². The zero-order valence-electron chi connectivity index (χ0n) is 11.1. The van der Waals surface area contributed by atoms with E-state index in [1.165, 1.54) is 0 Å².